The number of hydrogen-bond acceptors (Lipinski definition) is 3. The molecule has 1 fully saturated rings. The lowest BCUT2D eigenvalue weighted by Gasteiger charge is -2.20. The summed E-state index contributed by atoms with van der Waals surface area (Å²) in [5, 5.41) is 15.8. The predicted molar refractivity (Wildman–Crippen MR) is 72.1 cm³/mol. The number of amides is 2. The van der Waals surface area contributed by atoms with E-state index in [4.69, 9.17) is 5.11 Å². The van der Waals surface area contributed by atoms with Crippen molar-refractivity contribution in [2.24, 2.45) is 13.0 Å². The zero-order valence-corrected chi connectivity index (χ0v) is 11.8. The highest BCUT2D eigenvalue weighted by atomic mass is 16.4. The first kappa shape index (κ1) is 14.4. The average Bonchev–Trinajstić information content (AvgIpc) is 3.10. The van der Waals surface area contributed by atoms with Gasteiger partial charge in [-0.25, -0.2) is 4.79 Å². The van der Waals surface area contributed by atoms with Crippen molar-refractivity contribution >= 4 is 12.0 Å². The molecule has 1 heterocycles. The molecule has 1 aromatic heterocycles. The number of aryl methyl sites for hydroxylation is 2. The predicted octanol–water partition coefficient (Wildman–Crippen LogP) is 0.735. The Balaban J connectivity index is 1.89. The maximum Gasteiger partial charge on any atom is 0.323 e. The van der Waals surface area contributed by atoms with Crippen LogP contribution >= 0.6 is 0 Å². The number of nitrogens with zero attached hydrogens (tertiary/aromatic N) is 3. The molecule has 2 rings (SSSR count). The van der Waals surface area contributed by atoms with Crippen molar-refractivity contribution in [3.05, 3.63) is 17.5 Å². The molecule has 0 unspecified atom stereocenters. The van der Waals surface area contributed by atoms with Crippen LogP contribution in [0.3, 0.4) is 0 Å². The zero-order valence-electron chi connectivity index (χ0n) is 11.8. The van der Waals surface area contributed by atoms with Crippen molar-refractivity contribution in [2.75, 3.05) is 13.1 Å². The Bertz CT molecular complexity index is 508. The lowest BCUT2D eigenvalue weighted by molar-refractivity contribution is -0.137. The number of urea groups is 1. The summed E-state index contributed by atoms with van der Waals surface area (Å²) in [7, 11) is 1.82. The summed E-state index contributed by atoms with van der Waals surface area (Å²) in [6, 6.07) is -0.331. The Kier molecular flexibility index (Phi) is 4.26. The zero-order chi connectivity index (χ0) is 14.7. The van der Waals surface area contributed by atoms with Gasteiger partial charge in [0, 0.05) is 31.9 Å². The number of aromatic nitrogens is 2. The lowest BCUT2D eigenvalue weighted by atomic mass is 10.2. The smallest absolute Gasteiger partial charge is 0.323 e. The van der Waals surface area contributed by atoms with Crippen molar-refractivity contribution in [3.63, 3.8) is 0 Å². The number of carboxylic acid groups (broad SMARTS) is 1. The number of rotatable bonds is 6. The highest BCUT2D eigenvalue weighted by molar-refractivity contribution is 5.80. The second-order valence-corrected chi connectivity index (χ2v) is 5.29. The third kappa shape index (κ3) is 3.97. The molecule has 1 saturated carbocycles. The Hall–Kier alpha value is -2.05. The summed E-state index contributed by atoms with van der Waals surface area (Å²) in [5.74, 6) is -0.529. The third-order valence-corrected chi connectivity index (χ3v) is 3.33. The van der Waals surface area contributed by atoms with Crippen molar-refractivity contribution in [1.29, 1.82) is 0 Å². The van der Waals surface area contributed by atoms with Crippen LogP contribution in [0.25, 0.3) is 0 Å². The molecule has 2 N–H and O–H groups in total. The van der Waals surface area contributed by atoms with Gasteiger partial charge in [-0.05, 0) is 25.7 Å². The molecule has 0 aliphatic heterocycles. The van der Waals surface area contributed by atoms with Gasteiger partial charge in [0.05, 0.1) is 5.69 Å². The van der Waals surface area contributed by atoms with Crippen LogP contribution in [-0.4, -0.2) is 44.9 Å². The van der Waals surface area contributed by atoms with Gasteiger partial charge in [0.25, 0.3) is 0 Å². The van der Waals surface area contributed by atoms with E-state index < -0.39 is 5.97 Å². The summed E-state index contributed by atoms with van der Waals surface area (Å²) in [6.07, 6.45) is 3.99. The van der Waals surface area contributed by atoms with Crippen LogP contribution in [0.1, 0.15) is 24.1 Å². The molecular weight excluding hydrogens is 260 g/mol. The lowest BCUT2D eigenvalue weighted by Crippen LogP contribution is -2.43. The van der Waals surface area contributed by atoms with E-state index in [9.17, 15) is 9.59 Å². The molecule has 1 aliphatic carbocycles. The van der Waals surface area contributed by atoms with Gasteiger partial charge >= 0.3 is 12.0 Å². The van der Waals surface area contributed by atoms with E-state index in [-0.39, 0.29) is 12.6 Å². The van der Waals surface area contributed by atoms with Gasteiger partial charge in [-0.2, -0.15) is 5.10 Å². The molecule has 2 amide bonds. The Morgan fingerprint density at radius 2 is 2.25 bits per heavy atom. The second kappa shape index (κ2) is 5.94. The van der Waals surface area contributed by atoms with Crippen molar-refractivity contribution < 1.29 is 14.7 Å². The number of carbonyl (C=O) groups is 2. The third-order valence-electron chi connectivity index (χ3n) is 3.33. The Morgan fingerprint density at radius 3 is 2.75 bits per heavy atom. The normalized spacial score (nSPS) is 14.1. The second-order valence-electron chi connectivity index (χ2n) is 5.29. The van der Waals surface area contributed by atoms with Gasteiger partial charge < -0.3 is 15.3 Å². The molecule has 0 saturated heterocycles. The van der Waals surface area contributed by atoms with Crippen LogP contribution in [0.4, 0.5) is 4.79 Å². The highest BCUT2D eigenvalue weighted by Gasteiger charge is 2.27. The van der Waals surface area contributed by atoms with Gasteiger partial charge in [0.1, 0.15) is 6.54 Å². The van der Waals surface area contributed by atoms with Crippen LogP contribution in [-0.2, 0) is 18.4 Å². The molecule has 110 valence electrons. The molecule has 0 radical (unpaired) electrons. The summed E-state index contributed by atoms with van der Waals surface area (Å²) in [5.41, 5.74) is 1.79. The van der Waals surface area contributed by atoms with Crippen molar-refractivity contribution in [2.45, 2.75) is 26.3 Å². The van der Waals surface area contributed by atoms with E-state index in [1.54, 1.807) is 4.68 Å². The van der Waals surface area contributed by atoms with Crippen molar-refractivity contribution in [1.82, 2.24) is 20.0 Å². The van der Waals surface area contributed by atoms with E-state index in [2.05, 4.69) is 10.4 Å². The first-order valence-electron chi connectivity index (χ1n) is 6.69. The van der Waals surface area contributed by atoms with Crippen LogP contribution in [0, 0.1) is 12.8 Å². The molecule has 0 aromatic carbocycles. The van der Waals surface area contributed by atoms with E-state index >= 15 is 0 Å². The molecule has 7 heteroatoms. The molecule has 1 aliphatic rings. The number of carboxylic acids is 1. The first-order chi connectivity index (χ1) is 9.45. The maximum absolute atomic E-state index is 12.1. The molecule has 20 heavy (non-hydrogen) atoms. The van der Waals surface area contributed by atoms with E-state index in [1.807, 2.05) is 20.2 Å². The van der Waals surface area contributed by atoms with Crippen LogP contribution in [0.15, 0.2) is 6.20 Å². The molecule has 7 nitrogen and oxygen atoms in total. The van der Waals surface area contributed by atoms with E-state index in [0.717, 1.165) is 24.1 Å². The van der Waals surface area contributed by atoms with Crippen molar-refractivity contribution in [3.8, 4) is 0 Å². The average molecular weight is 280 g/mol. The summed E-state index contributed by atoms with van der Waals surface area (Å²) in [6.45, 7) is 2.50. The van der Waals surface area contributed by atoms with Gasteiger partial charge in [0.15, 0.2) is 0 Å². The fraction of sp³-hybridized carbons (Fsp3) is 0.615. The van der Waals surface area contributed by atoms with Crippen LogP contribution < -0.4 is 5.32 Å². The van der Waals surface area contributed by atoms with Gasteiger partial charge in [-0.1, -0.05) is 0 Å². The van der Waals surface area contributed by atoms with Gasteiger partial charge in [-0.15, -0.1) is 0 Å². The highest BCUT2D eigenvalue weighted by Crippen LogP contribution is 2.29. The molecule has 0 spiro atoms. The molecule has 1 aromatic rings. The quantitative estimate of drug-likeness (QED) is 0.804. The van der Waals surface area contributed by atoms with Gasteiger partial charge in [0.2, 0.25) is 0 Å². The number of hydrogen-bond donors (Lipinski definition) is 2. The van der Waals surface area contributed by atoms with E-state index in [1.165, 1.54) is 4.90 Å². The van der Waals surface area contributed by atoms with Crippen LogP contribution in [0.5, 0.6) is 0 Å². The Labute approximate surface area is 117 Å². The number of carbonyl (C=O) groups excluding carboxylic acids is 1. The minimum Gasteiger partial charge on any atom is -0.480 e. The molecule has 0 bridgehead atoms. The fourth-order valence-corrected chi connectivity index (χ4v) is 2.10. The first-order valence-corrected chi connectivity index (χ1v) is 6.69. The topological polar surface area (TPSA) is 87.5 Å². The number of aliphatic carboxylic acids is 1. The monoisotopic (exact) mass is 280 g/mol. The largest absolute Gasteiger partial charge is 0.480 e. The Morgan fingerprint density at radius 1 is 1.55 bits per heavy atom. The maximum atomic E-state index is 12.1. The number of nitrogens with one attached hydrogen (secondary N) is 1. The summed E-state index contributed by atoms with van der Waals surface area (Å²) < 4.78 is 1.69. The summed E-state index contributed by atoms with van der Waals surface area (Å²) in [4.78, 5) is 24.2. The van der Waals surface area contributed by atoms with E-state index in [0.29, 0.717) is 19.0 Å². The van der Waals surface area contributed by atoms with Gasteiger partial charge in [-0.3, -0.25) is 9.48 Å². The minimum absolute atomic E-state index is 0.256. The van der Waals surface area contributed by atoms with Crippen LogP contribution in [0.2, 0.25) is 0 Å². The SMILES string of the molecule is Cc1nn(C)cc1CNC(=O)N(CC(=O)O)CC1CC1. The molecule has 0 atom stereocenters. The molecular formula is C13H20N4O3. The fourth-order valence-electron chi connectivity index (χ4n) is 2.10. The summed E-state index contributed by atoms with van der Waals surface area (Å²) >= 11 is 0. The standard InChI is InChI=1S/C13H20N4O3/c1-9-11(7-16(2)15-9)5-14-13(20)17(8-12(18)19)6-10-3-4-10/h7,10H,3-6,8H2,1-2H3,(H,14,20)(H,18,19). The minimum atomic E-state index is -0.988.